The molecule has 1 rings (SSSR count). The quantitative estimate of drug-likeness (QED) is 0.720. The molecule has 88 valence electrons. The minimum absolute atomic E-state index is 0.0154. The van der Waals surface area contributed by atoms with Gasteiger partial charge in [0.2, 0.25) is 0 Å². The smallest absolute Gasteiger partial charge is 0.317 e. The molecule has 1 fully saturated rings. The first-order valence-electron chi connectivity index (χ1n) is 5.73. The van der Waals surface area contributed by atoms with Gasteiger partial charge in [-0.2, -0.15) is 0 Å². The molecule has 0 aromatic carbocycles. The Kier molecular flexibility index (Phi) is 3.97. The van der Waals surface area contributed by atoms with Gasteiger partial charge < -0.3 is 15.5 Å². The van der Waals surface area contributed by atoms with Crippen LogP contribution < -0.4 is 10.6 Å². The lowest BCUT2D eigenvalue weighted by Crippen LogP contribution is -2.48. The van der Waals surface area contributed by atoms with Gasteiger partial charge in [0.1, 0.15) is 0 Å². The molecule has 1 heterocycles. The van der Waals surface area contributed by atoms with E-state index in [-0.39, 0.29) is 11.6 Å². The molecule has 0 aromatic heterocycles. The predicted octanol–water partition coefficient (Wildman–Crippen LogP) is 1.18. The molecule has 1 atom stereocenters. The molecule has 0 bridgehead atoms. The Morgan fingerprint density at radius 1 is 1.60 bits per heavy atom. The Hall–Kier alpha value is -0.770. The molecule has 15 heavy (non-hydrogen) atoms. The fourth-order valence-corrected chi connectivity index (χ4v) is 1.86. The van der Waals surface area contributed by atoms with Gasteiger partial charge in [0.25, 0.3) is 0 Å². The summed E-state index contributed by atoms with van der Waals surface area (Å²) >= 11 is 0. The molecule has 1 unspecified atom stereocenters. The van der Waals surface area contributed by atoms with Gasteiger partial charge in [-0.15, -0.1) is 0 Å². The Balaban J connectivity index is 2.47. The molecule has 1 aliphatic heterocycles. The number of carbonyl (C=O) groups is 1. The molecule has 1 aliphatic rings. The second-order valence-electron chi connectivity index (χ2n) is 4.95. The predicted molar refractivity (Wildman–Crippen MR) is 61.9 cm³/mol. The molecule has 0 saturated carbocycles. The standard InChI is InChI=1S/C11H23N3O/c1-5-6-9-7-14(10(15)13-9)8-11(2,3)12-4/h9,12H,5-8H2,1-4H3,(H,13,15). The van der Waals surface area contributed by atoms with Crippen LogP contribution in [0.2, 0.25) is 0 Å². The zero-order chi connectivity index (χ0) is 11.5. The number of likely N-dealkylation sites (N-methyl/N-ethyl adjacent to an activating group) is 1. The molecule has 1 saturated heterocycles. The van der Waals surface area contributed by atoms with Crippen molar-refractivity contribution in [2.45, 2.75) is 45.2 Å². The van der Waals surface area contributed by atoms with Crippen LogP contribution in [0.5, 0.6) is 0 Å². The van der Waals surface area contributed by atoms with E-state index < -0.39 is 0 Å². The average Bonchev–Trinajstić information content (AvgIpc) is 2.47. The number of nitrogens with zero attached hydrogens (tertiary/aromatic N) is 1. The second kappa shape index (κ2) is 4.84. The van der Waals surface area contributed by atoms with Crippen LogP contribution in [-0.4, -0.2) is 42.6 Å². The highest BCUT2D eigenvalue weighted by molar-refractivity contribution is 5.77. The third-order valence-electron chi connectivity index (χ3n) is 2.96. The highest BCUT2D eigenvalue weighted by Gasteiger charge is 2.31. The van der Waals surface area contributed by atoms with E-state index in [4.69, 9.17) is 0 Å². The van der Waals surface area contributed by atoms with E-state index in [1.165, 1.54) is 0 Å². The minimum Gasteiger partial charge on any atom is -0.333 e. The van der Waals surface area contributed by atoms with E-state index in [2.05, 4.69) is 31.4 Å². The summed E-state index contributed by atoms with van der Waals surface area (Å²) in [5.74, 6) is 0. The Bertz CT molecular complexity index is 228. The first-order valence-corrected chi connectivity index (χ1v) is 5.73. The van der Waals surface area contributed by atoms with E-state index in [0.717, 1.165) is 25.9 Å². The fraction of sp³-hybridized carbons (Fsp3) is 0.909. The molecule has 0 radical (unpaired) electrons. The topological polar surface area (TPSA) is 44.4 Å². The summed E-state index contributed by atoms with van der Waals surface area (Å²) in [6, 6.07) is 0.423. The monoisotopic (exact) mass is 213 g/mol. The maximum Gasteiger partial charge on any atom is 0.317 e. The van der Waals surface area contributed by atoms with Gasteiger partial charge in [-0.05, 0) is 27.3 Å². The molecule has 4 nitrogen and oxygen atoms in total. The largest absolute Gasteiger partial charge is 0.333 e. The molecule has 0 spiro atoms. The number of urea groups is 1. The zero-order valence-electron chi connectivity index (χ0n) is 10.3. The highest BCUT2D eigenvalue weighted by atomic mass is 16.2. The van der Waals surface area contributed by atoms with Crippen LogP contribution in [0.25, 0.3) is 0 Å². The van der Waals surface area contributed by atoms with Gasteiger partial charge in [-0.3, -0.25) is 0 Å². The van der Waals surface area contributed by atoms with Crippen LogP contribution in [0.3, 0.4) is 0 Å². The summed E-state index contributed by atoms with van der Waals surface area (Å²) in [6.45, 7) is 7.96. The maximum atomic E-state index is 11.6. The molecule has 2 N–H and O–H groups in total. The SMILES string of the molecule is CCCC1CN(CC(C)(C)NC)C(=O)N1. The Morgan fingerprint density at radius 3 is 2.80 bits per heavy atom. The third kappa shape index (κ3) is 3.38. The first-order chi connectivity index (χ1) is 6.98. The molecule has 4 heteroatoms. The van der Waals surface area contributed by atoms with Crippen LogP contribution >= 0.6 is 0 Å². The Labute approximate surface area is 92.4 Å². The first kappa shape index (κ1) is 12.3. The van der Waals surface area contributed by atoms with Crippen LogP contribution in [-0.2, 0) is 0 Å². The van der Waals surface area contributed by atoms with Crippen molar-refractivity contribution in [1.29, 1.82) is 0 Å². The van der Waals surface area contributed by atoms with Crippen LogP contribution in [0, 0.1) is 0 Å². The van der Waals surface area contributed by atoms with Crippen LogP contribution in [0.15, 0.2) is 0 Å². The van der Waals surface area contributed by atoms with Gasteiger partial charge in [0.15, 0.2) is 0 Å². The van der Waals surface area contributed by atoms with Crippen molar-refractivity contribution in [3.05, 3.63) is 0 Å². The summed E-state index contributed by atoms with van der Waals surface area (Å²) in [4.78, 5) is 13.5. The maximum absolute atomic E-state index is 11.6. The van der Waals surface area contributed by atoms with Crippen LogP contribution in [0.4, 0.5) is 4.79 Å². The van der Waals surface area contributed by atoms with Gasteiger partial charge >= 0.3 is 6.03 Å². The molecule has 0 aliphatic carbocycles. The lowest BCUT2D eigenvalue weighted by Gasteiger charge is -2.29. The third-order valence-corrected chi connectivity index (χ3v) is 2.96. The number of hydrogen-bond acceptors (Lipinski definition) is 2. The van der Waals surface area contributed by atoms with Crippen molar-refractivity contribution < 1.29 is 4.79 Å². The second-order valence-corrected chi connectivity index (χ2v) is 4.95. The van der Waals surface area contributed by atoms with Gasteiger partial charge in [-0.1, -0.05) is 13.3 Å². The van der Waals surface area contributed by atoms with Crippen molar-refractivity contribution in [3.8, 4) is 0 Å². The van der Waals surface area contributed by atoms with E-state index >= 15 is 0 Å². The minimum atomic E-state index is -0.0154. The molecular formula is C11H23N3O. The summed E-state index contributed by atoms with van der Waals surface area (Å²) in [5, 5.41) is 6.22. The van der Waals surface area contributed by atoms with Crippen molar-refractivity contribution in [3.63, 3.8) is 0 Å². The van der Waals surface area contributed by atoms with Crippen molar-refractivity contribution >= 4 is 6.03 Å². The average molecular weight is 213 g/mol. The summed E-state index contributed by atoms with van der Waals surface area (Å²) < 4.78 is 0. The molecule has 2 amide bonds. The zero-order valence-corrected chi connectivity index (χ0v) is 10.3. The lowest BCUT2D eigenvalue weighted by atomic mass is 10.1. The van der Waals surface area contributed by atoms with Crippen molar-refractivity contribution in [1.82, 2.24) is 15.5 Å². The van der Waals surface area contributed by atoms with Gasteiger partial charge in [0.05, 0.1) is 0 Å². The summed E-state index contributed by atoms with van der Waals surface area (Å²) in [7, 11) is 1.93. The number of rotatable bonds is 5. The lowest BCUT2D eigenvalue weighted by molar-refractivity contribution is 0.201. The van der Waals surface area contributed by atoms with E-state index in [1.807, 2.05) is 11.9 Å². The number of nitrogens with one attached hydrogen (secondary N) is 2. The molecular weight excluding hydrogens is 190 g/mol. The van der Waals surface area contributed by atoms with E-state index in [0.29, 0.717) is 6.04 Å². The van der Waals surface area contributed by atoms with Crippen LogP contribution in [0.1, 0.15) is 33.6 Å². The Morgan fingerprint density at radius 2 is 2.27 bits per heavy atom. The normalized spacial score (nSPS) is 22.0. The van der Waals surface area contributed by atoms with E-state index in [1.54, 1.807) is 0 Å². The summed E-state index contributed by atoms with van der Waals surface area (Å²) in [6.07, 6.45) is 2.19. The van der Waals surface area contributed by atoms with Crippen molar-refractivity contribution in [2.24, 2.45) is 0 Å². The highest BCUT2D eigenvalue weighted by Crippen LogP contribution is 2.12. The molecule has 0 aromatic rings. The number of carbonyl (C=O) groups excluding carboxylic acids is 1. The van der Waals surface area contributed by atoms with Gasteiger partial charge in [-0.25, -0.2) is 4.79 Å². The number of amides is 2. The number of hydrogen-bond donors (Lipinski definition) is 2. The fourth-order valence-electron chi connectivity index (χ4n) is 1.86. The van der Waals surface area contributed by atoms with Gasteiger partial charge in [0, 0.05) is 24.7 Å². The van der Waals surface area contributed by atoms with Crippen molar-refractivity contribution in [2.75, 3.05) is 20.1 Å². The van der Waals surface area contributed by atoms with E-state index in [9.17, 15) is 4.79 Å². The summed E-state index contributed by atoms with van der Waals surface area (Å²) in [5.41, 5.74) is -0.0154.